The molecule has 2 aromatic rings. The lowest BCUT2D eigenvalue weighted by molar-refractivity contribution is 0.415. The van der Waals surface area contributed by atoms with Crippen molar-refractivity contribution in [2.24, 2.45) is 5.73 Å². The Morgan fingerprint density at radius 1 is 1.06 bits per heavy atom. The zero-order valence-corrected chi connectivity index (χ0v) is 10.6. The van der Waals surface area contributed by atoms with Gasteiger partial charge in [-0.2, -0.15) is 0 Å². The predicted molar refractivity (Wildman–Crippen MR) is 72.7 cm³/mol. The van der Waals surface area contributed by atoms with E-state index in [1.807, 2.05) is 43.3 Å². The molecule has 0 aliphatic carbocycles. The predicted octanol–water partition coefficient (Wildman–Crippen LogP) is 3.09. The van der Waals surface area contributed by atoms with Crippen LogP contribution in [0.4, 0.5) is 0 Å². The van der Waals surface area contributed by atoms with Crippen LogP contribution in [0, 0.1) is 0 Å². The zero-order valence-electron chi connectivity index (χ0n) is 10.6. The number of phenols is 1. The lowest BCUT2D eigenvalue weighted by Crippen LogP contribution is -2.05. The molecule has 18 heavy (non-hydrogen) atoms. The molecule has 3 nitrogen and oxygen atoms in total. The number of methoxy groups -OCH3 is 1. The molecule has 0 bridgehead atoms. The second-order valence-corrected chi connectivity index (χ2v) is 4.29. The van der Waals surface area contributed by atoms with Crippen molar-refractivity contribution in [3.05, 3.63) is 48.0 Å². The molecule has 0 saturated carbocycles. The van der Waals surface area contributed by atoms with Crippen LogP contribution >= 0.6 is 0 Å². The Hall–Kier alpha value is -2.00. The Kier molecular flexibility index (Phi) is 3.53. The standard InChI is InChI=1S/C15H17NO2/c1-10(16)14-9-12(5-8-15(14)17)11-3-6-13(18-2)7-4-11/h3-10,17H,16H2,1-2H3. The van der Waals surface area contributed by atoms with Crippen LogP contribution in [0.1, 0.15) is 18.5 Å². The van der Waals surface area contributed by atoms with Crippen LogP contribution in [-0.4, -0.2) is 12.2 Å². The van der Waals surface area contributed by atoms with Crippen LogP contribution in [0.3, 0.4) is 0 Å². The number of aromatic hydroxyl groups is 1. The first-order valence-electron chi connectivity index (χ1n) is 5.84. The molecule has 0 amide bonds. The van der Waals surface area contributed by atoms with E-state index < -0.39 is 0 Å². The average Bonchev–Trinajstić information content (AvgIpc) is 2.39. The van der Waals surface area contributed by atoms with Gasteiger partial charge < -0.3 is 15.6 Å². The van der Waals surface area contributed by atoms with Crippen molar-refractivity contribution >= 4 is 0 Å². The Bertz CT molecular complexity index is 533. The maximum Gasteiger partial charge on any atom is 0.120 e. The first-order chi connectivity index (χ1) is 8.61. The summed E-state index contributed by atoms with van der Waals surface area (Å²) in [6.07, 6.45) is 0. The summed E-state index contributed by atoms with van der Waals surface area (Å²) in [6.45, 7) is 1.85. The fourth-order valence-electron chi connectivity index (χ4n) is 1.88. The van der Waals surface area contributed by atoms with E-state index in [9.17, 15) is 5.11 Å². The molecule has 0 radical (unpaired) electrons. The van der Waals surface area contributed by atoms with Crippen molar-refractivity contribution in [2.45, 2.75) is 13.0 Å². The number of rotatable bonds is 3. The highest BCUT2D eigenvalue weighted by molar-refractivity contribution is 5.66. The van der Waals surface area contributed by atoms with Crippen LogP contribution in [-0.2, 0) is 0 Å². The van der Waals surface area contributed by atoms with Crippen molar-refractivity contribution in [2.75, 3.05) is 7.11 Å². The second kappa shape index (κ2) is 5.10. The molecular formula is C15H17NO2. The van der Waals surface area contributed by atoms with Gasteiger partial charge in [0.25, 0.3) is 0 Å². The molecule has 0 fully saturated rings. The Labute approximate surface area is 107 Å². The van der Waals surface area contributed by atoms with Gasteiger partial charge in [-0.25, -0.2) is 0 Å². The third kappa shape index (κ3) is 2.46. The fourth-order valence-corrected chi connectivity index (χ4v) is 1.88. The minimum Gasteiger partial charge on any atom is -0.508 e. The van der Waals surface area contributed by atoms with Crippen LogP contribution in [0.2, 0.25) is 0 Å². The molecule has 3 heteroatoms. The van der Waals surface area contributed by atoms with Crippen molar-refractivity contribution in [3.63, 3.8) is 0 Å². The van der Waals surface area contributed by atoms with Crippen LogP contribution in [0.25, 0.3) is 11.1 Å². The largest absolute Gasteiger partial charge is 0.508 e. The molecular weight excluding hydrogens is 226 g/mol. The van der Waals surface area contributed by atoms with E-state index in [1.165, 1.54) is 0 Å². The number of benzene rings is 2. The summed E-state index contributed by atoms with van der Waals surface area (Å²) in [7, 11) is 1.64. The van der Waals surface area contributed by atoms with Gasteiger partial charge in [0.15, 0.2) is 0 Å². The van der Waals surface area contributed by atoms with Crippen LogP contribution in [0.5, 0.6) is 11.5 Å². The van der Waals surface area contributed by atoms with Gasteiger partial charge in [0.2, 0.25) is 0 Å². The lowest BCUT2D eigenvalue weighted by Gasteiger charge is -2.11. The van der Waals surface area contributed by atoms with E-state index >= 15 is 0 Å². The van der Waals surface area contributed by atoms with Gasteiger partial charge in [0.1, 0.15) is 11.5 Å². The molecule has 0 aromatic heterocycles. The normalized spacial score (nSPS) is 12.2. The minimum atomic E-state index is -0.191. The first-order valence-corrected chi connectivity index (χ1v) is 5.84. The fraction of sp³-hybridized carbons (Fsp3) is 0.200. The van der Waals surface area contributed by atoms with Crippen molar-refractivity contribution < 1.29 is 9.84 Å². The Morgan fingerprint density at radius 3 is 2.22 bits per heavy atom. The minimum absolute atomic E-state index is 0.191. The molecule has 2 rings (SSSR count). The molecule has 1 atom stereocenters. The SMILES string of the molecule is COc1ccc(-c2ccc(O)c(C(C)N)c2)cc1. The lowest BCUT2D eigenvalue weighted by atomic mass is 9.99. The van der Waals surface area contributed by atoms with Gasteiger partial charge >= 0.3 is 0 Å². The monoisotopic (exact) mass is 243 g/mol. The van der Waals surface area contributed by atoms with Gasteiger partial charge in [-0.15, -0.1) is 0 Å². The summed E-state index contributed by atoms with van der Waals surface area (Å²) < 4.78 is 5.13. The number of ether oxygens (including phenoxy) is 1. The van der Waals surface area contributed by atoms with E-state index in [4.69, 9.17) is 10.5 Å². The maximum atomic E-state index is 9.73. The topological polar surface area (TPSA) is 55.5 Å². The maximum absolute atomic E-state index is 9.73. The molecule has 1 unspecified atom stereocenters. The molecule has 0 aliphatic heterocycles. The van der Waals surface area contributed by atoms with E-state index in [2.05, 4.69) is 0 Å². The third-order valence-electron chi connectivity index (χ3n) is 2.94. The summed E-state index contributed by atoms with van der Waals surface area (Å²) in [5, 5.41) is 9.73. The Balaban J connectivity index is 2.41. The Morgan fingerprint density at radius 2 is 1.67 bits per heavy atom. The van der Waals surface area contributed by atoms with Crippen LogP contribution in [0.15, 0.2) is 42.5 Å². The summed E-state index contributed by atoms with van der Waals surface area (Å²) in [5.74, 6) is 1.06. The highest BCUT2D eigenvalue weighted by atomic mass is 16.5. The second-order valence-electron chi connectivity index (χ2n) is 4.29. The number of phenolic OH excluding ortho intramolecular Hbond substituents is 1. The molecule has 94 valence electrons. The number of nitrogens with two attached hydrogens (primary N) is 1. The molecule has 0 heterocycles. The molecule has 3 N–H and O–H groups in total. The molecule has 0 saturated heterocycles. The summed E-state index contributed by atoms with van der Waals surface area (Å²) >= 11 is 0. The van der Waals surface area contributed by atoms with E-state index in [0.29, 0.717) is 0 Å². The van der Waals surface area contributed by atoms with Gasteiger partial charge in [0, 0.05) is 11.6 Å². The van der Waals surface area contributed by atoms with Gasteiger partial charge in [0.05, 0.1) is 7.11 Å². The summed E-state index contributed by atoms with van der Waals surface area (Å²) in [5.41, 5.74) is 8.68. The highest BCUT2D eigenvalue weighted by Crippen LogP contribution is 2.29. The zero-order chi connectivity index (χ0) is 13.1. The highest BCUT2D eigenvalue weighted by Gasteiger charge is 2.08. The first kappa shape index (κ1) is 12.5. The average molecular weight is 243 g/mol. The third-order valence-corrected chi connectivity index (χ3v) is 2.94. The molecule has 0 spiro atoms. The summed E-state index contributed by atoms with van der Waals surface area (Å²) in [4.78, 5) is 0. The molecule has 0 aliphatic rings. The van der Waals surface area contributed by atoms with Crippen molar-refractivity contribution in [1.82, 2.24) is 0 Å². The van der Waals surface area contributed by atoms with Gasteiger partial charge in [-0.3, -0.25) is 0 Å². The summed E-state index contributed by atoms with van der Waals surface area (Å²) in [6, 6.07) is 13.1. The number of hydrogen-bond donors (Lipinski definition) is 2. The van der Waals surface area contributed by atoms with Gasteiger partial charge in [-0.1, -0.05) is 18.2 Å². The molecule has 2 aromatic carbocycles. The van der Waals surface area contributed by atoms with Gasteiger partial charge in [-0.05, 0) is 42.3 Å². The van der Waals surface area contributed by atoms with E-state index in [1.54, 1.807) is 13.2 Å². The van der Waals surface area contributed by atoms with Crippen molar-refractivity contribution in [3.8, 4) is 22.6 Å². The van der Waals surface area contributed by atoms with Crippen LogP contribution < -0.4 is 10.5 Å². The number of hydrogen-bond acceptors (Lipinski definition) is 3. The van der Waals surface area contributed by atoms with E-state index in [-0.39, 0.29) is 11.8 Å². The van der Waals surface area contributed by atoms with Crippen molar-refractivity contribution in [1.29, 1.82) is 0 Å². The quantitative estimate of drug-likeness (QED) is 0.871. The smallest absolute Gasteiger partial charge is 0.120 e. The van der Waals surface area contributed by atoms with E-state index in [0.717, 1.165) is 22.4 Å².